The smallest absolute Gasteiger partial charge is 0.250 e. The van der Waals surface area contributed by atoms with Crippen molar-refractivity contribution in [1.82, 2.24) is 4.57 Å². The van der Waals surface area contributed by atoms with Crippen molar-refractivity contribution in [2.75, 3.05) is 6.61 Å². The number of benzene rings is 1. The van der Waals surface area contributed by atoms with E-state index in [0.29, 0.717) is 13.2 Å². The summed E-state index contributed by atoms with van der Waals surface area (Å²) in [7, 11) is 0. The van der Waals surface area contributed by atoms with E-state index in [1.165, 1.54) is 6.07 Å². The first kappa shape index (κ1) is 12.9. The molecule has 1 heterocycles. The van der Waals surface area contributed by atoms with Gasteiger partial charge < -0.3 is 9.30 Å². The molecule has 0 spiro atoms. The highest BCUT2D eigenvalue weighted by Crippen LogP contribution is 2.15. The monoisotopic (exact) mass is 307 g/mol. The minimum absolute atomic E-state index is 0.0217. The van der Waals surface area contributed by atoms with Gasteiger partial charge in [-0.15, -0.1) is 0 Å². The molecule has 0 fully saturated rings. The van der Waals surface area contributed by atoms with Gasteiger partial charge in [0, 0.05) is 16.7 Å². The number of ether oxygens (including phenoxy) is 1. The number of rotatable bonds is 4. The first-order chi connectivity index (χ1) is 8.66. The van der Waals surface area contributed by atoms with E-state index >= 15 is 0 Å². The van der Waals surface area contributed by atoms with Crippen LogP contribution in [0.5, 0.6) is 5.75 Å². The minimum atomic E-state index is -0.0217. The van der Waals surface area contributed by atoms with E-state index in [-0.39, 0.29) is 5.56 Å². The fraction of sp³-hybridized carbons (Fsp3) is 0.214. The Morgan fingerprint density at radius 1 is 1.22 bits per heavy atom. The number of hydrogen-bond donors (Lipinski definition) is 0. The van der Waals surface area contributed by atoms with Crippen molar-refractivity contribution in [2.45, 2.75) is 13.5 Å². The number of hydrogen-bond acceptors (Lipinski definition) is 2. The molecular weight excluding hydrogens is 294 g/mol. The fourth-order valence-electron chi connectivity index (χ4n) is 1.65. The van der Waals surface area contributed by atoms with Crippen molar-refractivity contribution in [3.8, 4) is 5.75 Å². The lowest BCUT2D eigenvalue weighted by molar-refractivity contribution is 0.294. The predicted molar refractivity (Wildman–Crippen MR) is 75.1 cm³/mol. The van der Waals surface area contributed by atoms with Gasteiger partial charge in [-0.05, 0) is 40.5 Å². The molecule has 1 aromatic heterocycles. The number of nitrogens with zero attached hydrogens (tertiary/aromatic N) is 1. The van der Waals surface area contributed by atoms with Crippen LogP contribution in [0, 0.1) is 6.92 Å². The summed E-state index contributed by atoms with van der Waals surface area (Å²) in [6, 6.07) is 11.1. The maximum atomic E-state index is 11.6. The molecule has 18 heavy (non-hydrogen) atoms. The molecule has 0 saturated carbocycles. The van der Waals surface area contributed by atoms with Gasteiger partial charge in [0.1, 0.15) is 12.4 Å². The Labute approximate surface area is 114 Å². The molecule has 0 aliphatic carbocycles. The van der Waals surface area contributed by atoms with Crippen LogP contribution in [0.15, 0.2) is 51.9 Å². The number of aromatic nitrogens is 1. The molecule has 4 heteroatoms. The number of pyridine rings is 1. The Balaban J connectivity index is 1.99. The molecule has 0 amide bonds. The normalized spacial score (nSPS) is 10.3. The third kappa shape index (κ3) is 3.23. The van der Waals surface area contributed by atoms with Crippen molar-refractivity contribution in [3.63, 3.8) is 0 Å². The second-order valence-corrected chi connectivity index (χ2v) is 4.91. The highest BCUT2D eigenvalue weighted by Gasteiger charge is 2.00. The zero-order chi connectivity index (χ0) is 13.0. The zero-order valence-corrected chi connectivity index (χ0v) is 11.7. The van der Waals surface area contributed by atoms with Crippen molar-refractivity contribution < 1.29 is 4.74 Å². The van der Waals surface area contributed by atoms with Gasteiger partial charge >= 0.3 is 0 Å². The summed E-state index contributed by atoms with van der Waals surface area (Å²) >= 11 is 3.34. The quantitative estimate of drug-likeness (QED) is 0.869. The van der Waals surface area contributed by atoms with E-state index in [2.05, 4.69) is 15.9 Å². The third-order valence-corrected chi connectivity index (χ3v) is 3.10. The Hall–Kier alpha value is -1.55. The molecule has 0 aliphatic heterocycles. The van der Waals surface area contributed by atoms with Crippen LogP contribution in [-0.2, 0) is 6.54 Å². The fourth-order valence-corrected chi connectivity index (χ4v) is 2.03. The van der Waals surface area contributed by atoms with E-state index in [9.17, 15) is 4.79 Å². The maximum Gasteiger partial charge on any atom is 0.250 e. The summed E-state index contributed by atoms with van der Waals surface area (Å²) in [6.45, 7) is 3.01. The molecule has 94 valence electrons. The highest BCUT2D eigenvalue weighted by atomic mass is 79.9. The molecule has 0 aliphatic rings. The maximum absolute atomic E-state index is 11.6. The Bertz CT molecular complexity index is 592. The molecule has 0 unspecified atom stereocenters. The van der Waals surface area contributed by atoms with Crippen LogP contribution in [0.3, 0.4) is 0 Å². The van der Waals surface area contributed by atoms with Crippen LogP contribution in [0.2, 0.25) is 0 Å². The van der Waals surface area contributed by atoms with Gasteiger partial charge in [0.25, 0.3) is 5.56 Å². The molecule has 3 nitrogen and oxygen atoms in total. The van der Waals surface area contributed by atoms with Gasteiger partial charge in [-0.2, -0.15) is 0 Å². The van der Waals surface area contributed by atoms with E-state index < -0.39 is 0 Å². The minimum Gasteiger partial charge on any atom is -0.491 e. The molecule has 0 bridgehead atoms. The summed E-state index contributed by atoms with van der Waals surface area (Å²) < 4.78 is 8.17. The van der Waals surface area contributed by atoms with Crippen LogP contribution < -0.4 is 10.3 Å². The van der Waals surface area contributed by atoms with Gasteiger partial charge in [0.15, 0.2) is 0 Å². The van der Waals surface area contributed by atoms with Crippen LogP contribution in [0.4, 0.5) is 0 Å². The van der Waals surface area contributed by atoms with Gasteiger partial charge in [-0.25, -0.2) is 0 Å². The SMILES string of the molecule is Cc1ccccc1OCCn1cc(Br)ccc1=O. The third-order valence-electron chi connectivity index (χ3n) is 2.63. The molecule has 0 radical (unpaired) electrons. The highest BCUT2D eigenvalue weighted by molar-refractivity contribution is 9.10. The Kier molecular flexibility index (Phi) is 4.20. The van der Waals surface area contributed by atoms with Gasteiger partial charge in [0.2, 0.25) is 0 Å². The first-order valence-electron chi connectivity index (χ1n) is 5.71. The Morgan fingerprint density at radius 3 is 2.78 bits per heavy atom. The molecule has 2 rings (SSSR count). The number of para-hydroxylation sites is 1. The van der Waals surface area contributed by atoms with Gasteiger partial charge in [0.05, 0.1) is 6.54 Å². The Morgan fingerprint density at radius 2 is 2.00 bits per heavy atom. The summed E-state index contributed by atoms with van der Waals surface area (Å²) in [5.74, 6) is 0.862. The van der Waals surface area contributed by atoms with Crippen molar-refractivity contribution in [2.24, 2.45) is 0 Å². The van der Waals surface area contributed by atoms with Crippen LogP contribution >= 0.6 is 15.9 Å². The number of aryl methyl sites for hydroxylation is 1. The zero-order valence-electron chi connectivity index (χ0n) is 10.1. The molecule has 0 N–H and O–H groups in total. The second kappa shape index (κ2) is 5.87. The molecule has 0 saturated heterocycles. The van der Waals surface area contributed by atoms with Gasteiger partial charge in [-0.1, -0.05) is 18.2 Å². The molecular formula is C14H14BrNO2. The van der Waals surface area contributed by atoms with E-state index in [1.54, 1.807) is 16.8 Å². The summed E-state index contributed by atoms with van der Waals surface area (Å²) in [6.07, 6.45) is 1.77. The van der Waals surface area contributed by atoms with Gasteiger partial charge in [-0.3, -0.25) is 4.79 Å². The van der Waals surface area contributed by atoms with E-state index in [1.807, 2.05) is 31.2 Å². The average Bonchev–Trinajstić information content (AvgIpc) is 2.36. The predicted octanol–water partition coefficient (Wildman–Crippen LogP) is 3.00. The topological polar surface area (TPSA) is 31.2 Å². The van der Waals surface area contributed by atoms with Crippen LogP contribution in [-0.4, -0.2) is 11.2 Å². The first-order valence-corrected chi connectivity index (χ1v) is 6.50. The average molecular weight is 308 g/mol. The second-order valence-electron chi connectivity index (χ2n) is 3.99. The van der Waals surface area contributed by atoms with E-state index in [0.717, 1.165) is 15.8 Å². The lowest BCUT2D eigenvalue weighted by atomic mass is 10.2. The molecule has 2 aromatic rings. The summed E-state index contributed by atoms with van der Waals surface area (Å²) in [5, 5.41) is 0. The summed E-state index contributed by atoms with van der Waals surface area (Å²) in [5.41, 5.74) is 1.07. The lowest BCUT2D eigenvalue weighted by Crippen LogP contribution is -2.21. The number of halogens is 1. The van der Waals surface area contributed by atoms with Crippen LogP contribution in [0.25, 0.3) is 0 Å². The molecule has 1 aromatic carbocycles. The molecule has 0 atom stereocenters. The van der Waals surface area contributed by atoms with Crippen molar-refractivity contribution >= 4 is 15.9 Å². The lowest BCUT2D eigenvalue weighted by Gasteiger charge is -2.10. The summed E-state index contributed by atoms with van der Waals surface area (Å²) in [4.78, 5) is 11.6. The van der Waals surface area contributed by atoms with Crippen LogP contribution in [0.1, 0.15) is 5.56 Å². The van der Waals surface area contributed by atoms with Crippen molar-refractivity contribution in [1.29, 1.82) is 0 Å². The van der Waals surface area contributed by atoms with E-state index in [4.69, 9.17) is 4.74 Å². The van der Waals surface area contributed by atoms with Crippen molar-refractivity contribution in [3.05, 3.63) is 63.0 Å². The largest absolute Gasteiger partial charge is 0.491 e. The standard InChI is InChI=1S/C14H14BrNO2/c1-11-4-2-3-5-13(11)18-9-8-16-10-12(15)6-7-14(16)17/h2-7,10H,8-9H2,1H3.